The van der Waals surface area contributed by atoms with Crippen molar-refractivity contribution in [3.63, 3.8) is 0 Å². The Labute approximate surface area is 97.4 Å². The lowest BCUT2D eigenvalue weighted by atomic mass is 10.6. The van der Waals surface area contributed by atoms with Crippen molar-refractivity contribution in [2.24, 2.45) is 0 Å². The van der Waals surface area contributed by atoms with Crippen LogP contribution in [0.3, 0.4) is 0 Å². The van der Waals surface area contributed by atoms with E-state index < -0.39 is 36.0 Å². The minimum absolute atomic E-state index is 0.473. The number of hydroxylamine groups is 1. The predicted octanol–water partition coefficient (Wildman–Crippen LogP) is 0.401. The number of rotatable bonds is 5. The number of carbonyl (C=O) groups is 1. The lowest BCUT2D eigenvalue weighted by molar-refractivity contribution is -0.389. The van der Waals surface area contributed by atoms with Crippen LogP contribution in [0.2, 0.25) is 0 Å². The van der Waals surface area contributed by atoms with Gasteiger partial charge in [0.1, 0.15) is 6.54 Å². The van der Waals surface area contributed by atoms with Crippen LogP contribution in [-0.2, 0) is 16.2 Å². The van der Waals surface area contributed by atoms with Crippen molar-refractivity contribution in [2.45, 2.75) is 12.7 Å². The molecule has 0 atom stereocenters. The molecule has 11 heteroatoms. The van der Waals surface area contributed by atoms with E-state index in [1.807, 2.05) is 0 Å². The smallest absolute Gasteiger partial charge is 0.358 e. The third-order valence-corrected chi connectivity index (χ3v) is 1.54. The molecule has 1 aromatic heterocycles. The summed E-state index contributed by atoms with van der Waals surface area (Å²) in [6, 6.07) is 1.05. The van der Waals surface area contributed by atoms with Gasteiger partial charge in [-0.25, -0.2) is 5.48 Å². The van der Waals surface area contributed by atoms with Crippen LogP contribution in [0.1, 0.15) is 0 Å². The van der Waals surface area contributed by atoms with Gasteiger partial charge >= 0.3 is 12.0 Å². The van der Waals surface area contributed by atoms with Crippen LogP contribution in [0, 0.1) is 10.1 Å². The van der Waals surface area contributed by atoms with Gasteiger partial charge < -0.3 is 10.1 Å². The number of aromatic nitrogens is 2. The molecule has 0 unspecified atom stereocenters. The normalized spacial score (nSPS) is 11.3. The molecule has 1 amide bonds. The van der Waals surface area contributed by atoms with Gasteiger partial charge in [0.2, 0.25) is 0 Å². The molecule has 1 N–H and O–H groups in total. The molecule has 0 saturated carbocycles. The minimum atomic E-state index is -4.56. The van der Waals surface area contributed by atoms with Crippen molar-refractivity contribution in [3.05, 3.63) is 22.4 Å². The average molecular weight is 268 g/mol. The number of nitrogens with zero attached hydrogens (tertiary/aromatic N) is 3. The third kappa shape index (κ3) is 4.78. The highest BCUT2D eigenvalue weighted by Gasteiger charge is 2.28. The Morgan fingerprint density at radius 2 is 2.28 bits per heavy atom. The molecular formula is C7H7F3N4O4. The molecule has 0 radical (unpaired) electrons. The maximum absolute atomic E-state index is 11.7. The highest BCUT2D eigenvalue weighted by Crippen LogP contribution is 2.13. The summed E-state index contributed by atoms with van der Waals surface area (Å²) in [4.78, 5) is 24.4. The van der Waals surface area contributed by atoms with E-state index in [0.717, 1.165) is 16.9 Å². The summed E-state index contributed by atoms with van der Waals surface area (Å²) in [5, 5.41) is 13.6. The van der Waals surface area contributed by atoms with E-state index in [1.165, 1.54) is 5.48 Å². The molecule has 0 aromatic carbocycles. The first-order valence-corrected chi connectivity index (χ1v) is 4.43. The summed E-state index contributed by atoms with van der Waals surface area (Å²) in [5.41, 5.74) is 1.54. The fourth-order valence-electron chi connectivity index (χ4n) is 0.914. The average Bonchev–Trinajstić information content (AvgIpc) is 2.64. The number of nitrogens with one attached hydrogen (secondary N) is 1. The SMILES string of the molecule is O=C(Cn1ccc([N+](=O)[O-])n1)NOCC(F)(F)F. The maximum Gasteiger partial charge on any atom is 0.414 e. The van der Waals surface area contributed by atoms with E-state index in [1.54, 1.807) is 0 Å². The summed E-state index contributed by atoms with van der Waals surface area (Å²) >= 11 is 0. The van der Waals surface area contributed by atoms with Gasteiger partial charge in [0.05, 0.1) is 17.4 Å². The quantitative estimate of drug-likeness (QED) is 0.615. The number of halogens is 3. The summed E-state index contributed by atoms with van der Waals surface area (Å²) < 4.78 is 35.9. The van der Waals surface area contributed by atoms with E-state index in [-0.39, 0.29) is 0 Å². The summed E-state index contributed by atoms with van der Waals surface area (Å²) in [6.45, 7) is -2.12. The first-order chi connectivity index (χ1) is 8.28. The van der Waals surface area contributed by atoms with Crippen LogP contribution in [0.15, 0.2) is 12.3 Å². The van der Waals surface area contributed by atoms with Gasteiger partial charge in [-0.05, 0) is 4.92 Å². The van der Waals surface area contributed by atoms with E-state index in [4.69, 9.17) is 0 Å². The second-order valence-corrected chi connectivity index (χ2v) is 3.06. The van der Waals surface area contributed by atoms with Crippen LogP contribution < -0.4 is 5.48 Å². The molecule has 1 aromatic rings. The molecule has 0 aliphatic carbocycles. The maximum atomic E-state index is 11.7. The lowest BCUT2D eigenvalue weighted by Gasteiger charge is -2.07. The Morgan fingerprint density at radius 3 is 2.78 bits per heavy atom. The molecule has 0 aliphatic heterocycles. The summed E-state index contributed by atoms with van der Waals surface area (Å²) in [7, 11) is 0. The van der Waals surface area contributed by atoms with E-state index in [2.05, 4.69) is 9.94 Å². The van der Waals surface area contributed by atoms with Crippen LogP contribution in [0.5, 0.6) is 0 Å². The molecule has 0 fully saturated rings. The monoisotopic (exact) mass is 268 g/mol. The molecule has 0 spiro atoms. The van der Waals surface area contributed by atoms with Crippen LogP contribution in [0.25, 0.3) is 0 Å². The first-order valence-electron chi connectivity index (χ1n) is 4.43. The van der Waals surface area contributed by atoms with Gasteiger partial charge in [-0.15, -0.1) is 0 Å². The zero-order valence-electron chi connectivity index (χ0n) is 8.68. The molecule has 100 valence electrons. The number of hydrogen-bond acceptors (Lipinski definition) is 5. The standard InChI is InChI=1S/C7H7F3N4O4/c8-7(9,10)4-18-12-6(15)3-13-2-1-5(11-13)14(16)17/h1-2H,3-4H2,(H,12,15). The van der Waals surface area contributed by atoms with E-state index in [9.17, 15) is 28.1 Å². The molecular weight excluding hydrogens is 261 g/mol. The Kier molecular flexibility index (Phi) is 4.20. The number of nitro groups is 1. The van der Waals surface area contributed by atoms with Crippen LogP contribution in [0.4, 0.5) is 19.0 Å². The zero-order chi connectivity index (χ0) is 13.8. The van der Waals surface area contributed by atoms with Gasteiger partial charge in [0, 0.05) is 0 Å². The Bertz CT molecular complexity index is 444. The fraction of sp³-hybridized carbons (Fsp3) is 0.429. The Hall–Kier alpha value is -2.17. The van der Waals surface area contributed by atoms with Gasteiger partial charge in [0.25, 0.3) is 5.91 Å². The van der Waals surface area contributed by atoms with E-state index in [0.29, 0.717) is 0 Å². The molecule has 0 saturated heterocycles. The highest BCUT2D eigenvalue weighted by molar-refractivity contribution is 5.74. The van der Waals surface area contributed by atoms with Crippen molar-refractivity contribution in [3.8, 4) is 0 Å². The number of hydrogen-bond donors (Lipinski definition) is 1. The van der Waals surface area contributed by atoms with E-state index >= 15 is 0 Å². The number of alkyl halides is 3. The predicted molar refractivity (Wildman–Crippen MR) is 49.0 cm³/mol. The summed E-state index contributed by atoms with van der Waals surface area (Å²) in [5.74, 6) is -1.39. The van der Waals surface area contributed by atoms with Crippen LogP contribution >= 0.6 is 0 Å². The van der Waals surface area contributed by atoms with Gasteiger partial charge in [-0.1, -0.05) is 0 Å². The molecule has 18 heavy (non-hydrogen) atoms. The minimum Gasteiger partial charge on any atom is -0.358 e. The molecule has 1 heterocycles. The summed E-state index contributed by atoms with van der Waals surface area (Å²) in [6.07, 6.45) is -3.42. The van der Waals surface area contributed by atoms with Crippen molar-refractivity contribution in [1.29, 1.82) is 0 Å². The van der Waals surface area contributed by atoms with Gasteiger partial charge in [0.15, 0.2) is 6.61 Å². The van der Waals surface area contributed by atoms with Gasteiger partial charge in [-0.3, -0.25) is 9.63 Å². The van der Waals surface area contributed by atoms with Crippen molar-refractivity contribution < 1.29 is 27.7 Å². The topological polar surface area (TPSA) is 99.3 Å². The highest BCUT2D eigenvalue weighted by atomic mass is 19.4. The Morgan fingerprint density at radius 1 is 1.61 bits per heavy atom. The van der Waals surface area contributed by atoms with Gasteiger partial charge in [-0.2, -0.15) is 17.9 Å². The second kappa shape index (κ2) is 5.44. The van der Waals surface area contributed by atoms with Crippen molar-refractivity contribution in [2.75, 3.05) is 6.61 Å². The largest absolute Gasteiger partial charge is 0.414 e. The molecule has 8 nitrogen and oxygen atoms in total. The van der Waals surface area contributed by atoms with Crippen LogP contribution in [-0.4, -0.2) is 33.4 Å². The van der Waals surface area contributed by atoms with Crippen molar-refractivity contribution in [1.82, 2.24) is 15.3 Å². The third-order valence-electron chi connectivity index (χ3n) is 1.54. The Balaban J connectivity index is 2.38. The lowest BCUT2D eigenvalue weighted by Crippen LogP contribution is -2.32. The second-order valence-electron chi connectivity index (χ2n) is 3.06. The van der Waals surface area contributed by atoms with Crippen molar-refractivity contribution >= 4 is 11.7 Å². The molecule has 0 aliphatic rings. The number of amides is 1. The first kappa shape index (κ1) is 13.9. The zero-order valence-corrected chi connectivity index (χ0v) is 8.68. The number of carbonyl (C=O) groups excluding carboxylic acids is 1. The molecule has 1 rings (SSSR count). The molecule has 0 bridgehead atoms. The fourth-order valence-corrected chi connectivity index (χ4v) is 0.914.